The molecule has 2 aliphatic rings. The Morgan fingerprint density at radius 2 is 0.878 bits per heavy atom. The van der Waals surface area contributed by atoms with Gasteiger partial charge in [0.2, 0.25) is 0 Å². The average Bonchev–Trinajstić information content (AvgIpc) is 3.78. The summed E-state index contributed by atoms with van der Waals surface area (Å²) in [6.45, 7) is 0. The zero-order valence-electron chi connectivity index (χ0n) is 26.6. The number of thiophene rings is 1. The number of fused-ring (bicyclic) bond motifs is 9. The summed E-state index contributed by atoms with van der Waals surface area (Å²) in [5.41, 5.74) is 12.0. The first-order chi connectivity index (χ1) is 24.1. The Hall–Kier alpha value is -5.92. The molecule has 0 radical (unpaired) electrons. The van der Waals surface area contributed by atoms with Gasteiger partial charge in [0, 0.05) is 42.4 Å². The molecule has 7 aromatic rings. The molecule has 238 valence electrons. The lowest BCUT2D eigenvalue weighted by Crippen LogP contribution is -2.10. The highest BCUT2D eigenvalue weighted by Crippen LogP contribution is 2.59. The normalized spacial score (nSPS) is 15.3. The highest BCUT2D eigenvalue weighted by atomic mass is 32.1. The van der Waals surface area contributed by atoms with Crippen molar-refractivity contribution in [2.75, 3.05) is 14.2 Å². The van der Waals surface area contributed by atoms with E-state index in [9.17, 15) is 9.59 Å². The van der Waals surface area contributed by atoms with E-state index < -0.39 is 24.5 Å². The minimum Gasteiger partial charge on any atom is -0.438 e. The van der Waals surface area contributed by atoms with Crippen LogP contribution >= 0.6 is 11.3 Å². The highest BCUT2D eigenvalue weighted by molar-refractivity contribution is 7.26. The van der Waals surface area contributed by atoms with E-state index in [1.165, 1.54) is 14.2 Å². The lowest BCUT2D eigenvalue weighted by Gasteiger charge is -2.18. The summed E-state index contributed by atoms with van der Waals surface area (Å²) in [6.07, 6.45) is -2.72. The molecule has 0 saturated heterocycles. The molecule has 2 atom stereocenters. The topological polar surface area (TPSA) is 71.1 Å². The van der Waals surface area contributed by atoms with E-state index in [-0.39, 0.29) is 0 Å². The predicted octanol–water partition coefficient (Wildman–Crippen LogP) is 11.1. The van der Waals surface area contributed by atoms with Crippen molar-refractivity contribution in [1.82, 2.24) is 0 Å². The van der Waals surface area contributed by atoms with Crippen LogP contribution in [0.2, 0.25) is 0 Å². The van der Waals surface area contributed by atoms with E-state index in [0.717, 1.165) is 86.9 Å². The summed E-state index contributed by atoms with van der Waals surface area (Å²) in [7, 11) is 2.66. The van der Waals surface area contributed by atoms with Gasteiger partial charge in [-0.2, -0.15) is 0 Å². The maximum absolute atomic E-state index is 12.6. The molecule has 0 amide bonds. The number of methoxy groups -OCH3 is 2. The molecular formula is C42H28O6S. The van der Waals surface area contributed by atoms with Crippen molar-refractivity contribution in [3.8, 4) is 44.5 Å². The van der Waals surface area contributed by atoms with E-state index in [1.807, 2.05) is 48.5 Å². The molecule has 2 unspecified atom stereocenters. The van der Waals surface area contributed by atoms with Gasteiger partial charge in [-0.3, -0.25) is 0 Å². The summed E-state index contributed by atoms with van der Waals surface area (Å²) in [5, 5.41) is 2.24. The number of hydrogen-bond donors (Lipinski definition) is 0. The van der Waals surface area contributed by atoms with Crippen LogP contribution in [0.4, 0.5) is 9.59 Å². The number of rotatable bonds is 4. The predicted molar refractivity (Wildman–Crippen MR) is 192 cm³/mol. The van der Waals surface area contributed by atoms with Crippen LogP contribution in [0.5, 0.6) is 0 Å². The molecule has 0 N–H and O–H groups in total. The molecule has 1 aromatic heterocycles. The van der Waals surface area contributed by atoms with Gasteiger partial charge in [0.15, 0.2) is 12.2 Å². The molecule has 0 saturated carbocycles. The van der Waals surface area contributed by atoms with E-state index in [1.54, 1.807) is 11.3 Å². The van der Waals surface area contributed by atoms with E-state index in [0.29, 0.717) is 0 Å². The molecule has 0 bridgehead atoms. The quantitative estimate of drug-likeness (QED) is 0.175. The van der Waals surface area contributed by atoms with Crippen molar-refractivity contribution < 1.29 is 28.5 Å². The molecule has 6 nitrogen and oxygen atoms in total. The van der Waals surface area contributed by atoms with Gasteiger partial charge in [0.1, 0.15) is 0 Å². The van der Waals surface area contributed by atoms with Gasteiger partial charge in [-0.15, -0.1) is 11.3 Å². The highest BCUT2D eigenvalue weighted by Gasteiger charge is 2.39. The molecular weight excluding hydrogens is 633 g/mol. The molecule has 0 spiro atoms. The van der Waals surface area contributed by atoms with Gasteiger partial charge in [0.05, 0.1) is 14.2 Å². The van der Waals surface area contributed by atoms with E-state index in [4.69, 9.17) is 18.9 Å². The van der Waals surface area contributed by atoms with E-state index in [2.05, 4.69) is 72.8 Å². The second kappa shape index (κ2) is 11.4. The van der Waals surface area contributed by atoms with Crippen molar-refractivity contribution in [3.05, 3.63) is 144 Å². The van der Waals surface area contributed by atoms with Crippen LogP contribution in [0.15, 0.2) is 121 Å². The summed E-state index contributed by atoms with van der Waals surface area (Å²) in [4.78, 5) is 25.2. The average molecular weight is 661 g/mol. The summed E-state index contributed by atoms with van der Waals surface area (Å²) in [6, 6.07) is 41.4. The Bertz CT molecular complexity index is 2290. The summed E-state index contributed by atoms with van der Waals surface area (Å²) >= 11 is 1.68. The van der Waals surface area contributed by atoms with Crippen molar-refractivity contribution in [2.24, 2.45) is 0 Å². The molecule has 6 aromatic carbocycles. The maximum atomic E-state index is 12.6. The first-order valence-electron chi connectivity index (χ1n) is 16.0. The van der Waals surface area contributed by atoms with Crippen LogP contribution < -0.4 is 0 Å². The van der Waals surface area contributed by atoms with Gasteiger partial charge in [-0.05, 0) is 56.6 Å². The fourth-order valence-corrected chi connectivity index (χ4v) is 8.92. The molecule has 49 heavy (non-hydrogen) atoms. The molecule has 1 heterocycles. The number of carbonyl (C=O) groups excluding carboxylic acids is 2. The van der Waals surface area contributed by atoms with Crippen LogP contribution in [0.1, 0.15) is 34.5 Å². The minimum absolute atomic E-state index is 0.626. The van der Waals surface area contributed by atoms with Crippen molar-refractivity contribution in [2.45, 2.75) is 12.2 Å². The number of hydrogen-bond acceptors (Lipinski definition) is 7. The molecule has 9 rings (SSSR count). The Morgan fingerprint density at radius 1 is 0.490 bits per heavy atom. The van der Waals surface area contributed by atoms with Crippen LogP contribution in [-0.2, 0) is 18.9 Å². The van der Waals surface area contributed by atoms with Gasteiger partial charge in [-0.25, -0.2) is 9.59 Å². The Kier molecular flexibility index (Phi) is 6.78. The van der Waals surface area contributed by atoms with Gasteiger partial charge in [0.25, 0.3) is 0 Å². The van der Waals surface area contributed by atoms with Gasteiger partial charge in [-0.1, -0.05) is 109 Å². The fraction of sp³-hybridized carbons (Fsp3) is 0.0952. The first-order valence-corrected chi connectivity index (χ1v) is 16.8. The van der Waals surface area contributed by atoms with Crippen LogP contribution in [0.25, 0.3) is 64.7 Å². The first kappa shape index (κ1) is 29.2. The number of carbonyl (C=O) groups is 2. The molecule has 0 aliphatic heterocycles. The smallest absolute Gasteiger partial charge is 0.438 e. The van der Waals surface area contributed by atoms with Crippen LogP contribution in [0, 0.1) is 0 Å². The summed E-state index contributed by atoms with van der Waals surface area (Å²) < 4.78 is 24.0. The molecule has 7 heteroatoms. The van der Waals surface area contributed by atoms with Crippen molar-refractivity contribution in [3.63, 3.8) is 0 Å². The van der Waals surface area contributed by atoms with E-state index >= 15 is 0 Å². The van der Waals surface area contributed by atoms with Gasteiger partial charge < -0.3 is 18.9 Å². The number of ether oxygens (including phenoxy) is 4. The largest absolute Gasteiger partial charge is 0.508 e. The Labute approximate surface area is 286 Å². The Balaban J connectivity index is 1.46. The zero-order chi connectivity index (χ0) is 33.2. The zero-order valence-corrected chi connectivity index (χ0v) is 27.4. The van der Waals surface area contributed by atoms with Crippen LogP contribution in [-0.4, -0.2) is 26.5 Å². The lowest BCUT2D eigenvalue weighted by molar-refractivity contribution is 0.0503. The fourth-order valence-electron chi connectivity index (χ4n) is 7.70. The Morgan fingerprint density at radius 3 is 1.29 bits per heavy atom. The lowest BCUT2D eigenvalue weighted by atomic mass is 9.85. The molecule has 0 fully saturated rings. The third-order valence-electron chi connectivity index (χ3n) is 9.59. The number of benzene rings is 6. The maximum Gasteiger partial charge on any atom is 0.508 e. The third kappa shape index (κ3) is 4.39. The monoisotopic (exact) mass is 660 g/mol. The minimum atomic E-state index is -0.733. The van der Waals surface area contributed by atoms with Crippen molar-refractivity contribution >= 4 is 43.8 Å². The second-order valence-electron chi connectivity index (χ2n) is 12.1. The summed E-state index contributed by atoms with van der Waals surface area (Å²) in [5.74, 6) is 0. The standard InChI is InChI=1S/C42H28O6S/c1-45-41(43)47-39-27-19-11-9-17-25(27)35-29(39)21-31-37(33(35)23-13-5-3-6-14-23)38-32(49-31)22-30-36(34(38)24-15-7-4-8-16-24)26-18-10-12-20-28(26)40(30)48-42(44)46-2/h3-22,39-40H,1-2H3. The van der Waals surface area contributed by atoms with Crippen molar-refractivity contribution in [1.29, 1.82) is 0 Å². The molecule has 2 aliphatic carbocycles. The SMILES string of the molecule is COC(=O)OC1c2ccccc2-c2c1cc1sc3cc4c(c(-c5ccccc5)c3c1c2-c1ccccc1)-c1ccccc1C4OC(=O)OC. The third-order valence-corrected chi connectivity index (χ3v) is 10.7. The van der Waals surface area contributed by atoms with Crippen LogP contribution in [0.3, 0.4) is 0 Å². The second-order valence-corrected chi connectivity index (χ2v) is 13.2. The van der Waals surface area contributed by atoms with Gasteiger partial charge >= 0.3 is 12.3 Å².